The number of hydrogen-bond acceptors (Lipinski definition) is 5. The van der Waals surface area contributed by atoms with Gasteiger partial charge in [0.2, 0.25) is 0 Å². The molecule has 1 aromatic heterocycles. The van der Waals surface area contributed by atoms with E-state index in [4.69, 9.17) is 21.1 Å². The summed E-state index contributed by atoms with van der Waals surface area (Å²) in [5.41, 5.74) is 6.94. The van der Waals surface area contributed by atoms with E-state index in [1.807, 2.05) is 56.3 Å². The van der Waals surface area contributed by atoms with E-state index in [1.165, 1.54) is 6.21 Å². The van der Waals surface area contributed by atoms with Gasteiger partial charge in [-0.3, -0.25) is 9.59 Å². The van der Waals surface area contributed by atoms with Crippen LogP contribution in [0.3, 0.4) is 0 Å². The minimum absolute atomic E-state index is 0.285. The Morgan fingerprint density at radius 3 is 2.38 bits per heavy atom. The number of carbonyl (C=O) groups is 2. The molecule has 178 valence electrons. The maximum absolute atomic E-state index is 12.1. The second-order valence-electron chi connectivity index (χ2n) is 7.53. The predicted octanol–water partition coefficient (Wildman–Crippen LogP) is 3.57. The van der Waals surface area contributed by atoms with E-state index < -0.39 is 11.8 Å². The van der Waals surface area contributed by atoms with Gasteiger partial charge in [0.15, 0.2) is 11.5 Å². The number of amides is 2. The minimum atomic E-state index is -0.838. The van der Waals surface area contributed by atoms with Gasteiger partial charge in [-0.05, 0) is 68.3 Å². The Morgan fingerprint density at radius 2 is 1.71 bits per heavy atom. The first-order valence-electron chi connectivity index (χ1n) is 10.6. The molecule has 0 bridgehead atoms. The Balaban J connectivity index is 1.53. The maximum atomic E-state index is 12.1. The molecular formula is C25H27ClN4O4. The number of hydrazone groups is 1. The van der Waals surface area contributed by atoms with Crippen molar-refractivity contribution in [2.45, 2.75) is 20.3 Å². The maximum Gasteiger partial charge on any atom is 0.329 e. The Bertz CT molecular complexity index is 1200. The highest BCUT2D eigenvalue weighted by atomic mass is 35.5. The Kier molecular flexibility index (Phi) is 8.32. The van der Waals surface area contributed by atoms with Crippen LogP contribution in [0.2, 0.25) is 5.02 Å². The molecule has 1 heterocycles. The highest BCUT2D eigenvalue weighted by Gasteiger charge is 2.13. The van der Waals surface area contributed by atoms with Crippen LogP contribution in [0.5, 0.6) is 11.5 Å². The predicted molar refractivity (Wildman–Crippen MR) is 132 cm³/mol. The molecule has 2 aromatic carbocycles. The molecule has 3 aromatic rings. The molecule has 0 aliphatic heterocycles. The van der Waals surface area contributed by atoms with Gasteiger partial charge in [-0.25, -0.2) is 5.43 Å². The fourth-order valence-electron chi connectivity index (χ4n) is 3.55. The quantitative estimate of drug-likeness (QED) is 0.291. The van der Waals surface area contributed by atoms with E-state index >= 15 is 0 Å². The van der Waals surface area contributed by atoms with Crippen molar-refractivity contribution in [1.82, 2.24) is 15.3 Å². The number of aryl methyl sites for hydroxylation is 1. The molecule has 0 aliphatic carbocycles. The van der Waals surface area contributed by atoms with Crippen LogP contribution in [0, 0.1) is 13.8 Å². The van der Waals surface area contributed by atoms with Crippen LogP contribution in [-0.2, 0) is 16.0 Å². The average Bonchev–Trinajstić information content (AvgIpc) is 3.12. The number of ether oxygens (including phenoxy) is 2. The third-order valence-electron chi connectivity index (χ3n) is 5.28. The summed E-state index contributed by atoms with van der Waals surface area (Å²) in [7, 11) is 3.13. The fraction of sp³-hybridized carbons (Fsp3) is 0.240. The lowest BCUT2D eigenvalue weighted by atomic mass is 10.1. The number of nitrogens with zero attached hydrogens (tertiary/aromatic N) is 2. The summed E-state index contributed by atoms with van der Waals surface area (Å²) in [6.07, 6.45) is 2.04. The highest BCUT2D eigenvalue weighted by molar-refractivity contribution is 6.35. The van der Waals surface area contributed by atoms with Gasteiger partial charge in [0.1, 0.15) is 0 Å². The summed E-state index contributed by atoms with van der Waals surface area (Å²) in [6.45, 7) is 4.21. The number of methoxy groups -OCH3 is 2. The second kappa shape index (κ2) is 11.4. The molecule has 0 unspecified atom stereocenters. The molecule has 0 spiro atoms. The first-order valence-corrected chi connectivity index (χ1v) is 11.0. The van der Waals surface area contributed by atoms with Gasteiger partial charge in [-0.2, -0.15) is 5.10 Å². The van der Waals surface area contributed by atoms with Crippen molar-refractivity contribution in [2.24, 2.45) is 5.10 Å². The number of benzene rings is 2. The Labute approximate surface area is 203 Å². The van der Waals surface area contributed by atoms with E-state index in [1.54, 1.807) is 20.3 Å². The van der Waals surface area contributed by atoms with Crippen molar-refractivity contribution < 1.29 is 19.1 Å². The zero-order valence-corrected chi connectivity index (χ0v) is 20.3. The smallest absolute Gasteiger partial charge is 0.329 e. The van der Waals surface area contributed by atoms with Crippen molar-refractivity contribution in [3.05, 3.63) is 76.1 Å². The van der Waals surface area contributed by atoms with Gasteiger partial charge in [0.25, 0.3) is 0 Å². The third kappa shape index (κ3) is 5.96. The molecule has 0 saturated heterocycles. The number of aromatic nitrogens is 1. The van der Waals surface area contributed by atoms with Crippen molar-refractivity contribution in [3.8, 4) is 17.2 Å². The Hall–Kier alpha value is -3.78. The molecule has 3 rings (SSSR count). The van der Waals surface area contributed by atoms with Crippen molar-refractivity contribution >= 4 is 29.6 Å². The van der Waals surface area contributed by atoms with Crippen molar-refractivity contribution in [1.29, 1.82) is 0 Å². The summed E-state index contributed by atoms with van der Waals surface area (Å²) in [4.78, 5) is 24.2. The summed E-state index contributed by atoms with van der Waals surface area (Å²) < 4.78 is 12.5. The van der Waals surface area contributed by atoms with Crippen LogP contribution in [0.15, 0.2) is 53.6 Å². The molecule has 8 nitrogen and oxygen atoms in total. The highest BCUT2D eigenvalue weighted by Crippen LogP contribution is 2.27. The third-order valence-corrected chi connectivity index (χ3v) is 5.53. The molecular weight excluding hydrogens is 456 g/mol. The Morgan fingerprint density at radius 1 is 1.00 bits per heavy atom. The van der Waals surface area contributed by atoms with E-state index in [9.17, 15) is 9.59 Å². The number of rotatable bonds is 8. The first-order chi connectivity index (χ1) is 16.3. The van der Waals surface area contributed by atoms with Crippen LogP contribution in [0.25, 0.3) is 5.69 Å². The topological polar surface area (TPSA) is 94.0 Å². The zero-order valence-electron chi connectivity index (χ0n) is 19.5. The minimum Gasteiger partial charge on any atom is -0.493 e. The molecule has 0 atom stereocenters. The molecule has 34 heavy (non-hydrogen) atoms. The van der Waals surface area contributed by atoms with Crippen LogP contribution >= 0.6 is 11.6 Å². The SMILES string of the molecule is COc1ccc(CCNC(=O)C(=O)N/N=C\c2cc(C)n(-c3ccc(Cl)cc3)c2C)cc1OC. The molecule has 0 aliphatic rings. The molecule has 0 saturated carbocycles. The van der Waals surface area contributed by atoms with Gasteiger partial charge in [-0.1, -0.05) is 17.7 Å². The lowest BCUT2D eigenvalue weighted by Crippen LogP contribution is -2.38. The van der Waals surface area contributed by atoms with E-state index in [-0.39, 0.29) is 6.54 Å². The molecule has 0 radical (unpaired) electrons. The molecule has 2 N–H and O–H groups in total. The largest absolute Gasteiger partial charge is 0.493 e. The number of carbonyl (C=O) groups excluding carboxylic acids is 2. The van der Waals surface area contributed by atoms with Crippen LogP contribution in [-0.4, -0.2) is 43.4 Å². The molecule has 2 amide bonds. The summed E-state index contributed by atoms with van der Waals surface area (Å²) in [5.74, 6) is -0.366. The number of halogens is 1. The normalized spacial score (nSPS) is 10.9. The van der Waals surface area contributed by atoms with Gasteiger partial charge < -0.3 is 19.4 Å². The number of hydrogen-bond donors (Lipinski definition) is 2. The van der Waals surface area contributed by atoms with Crippen molar-refractivity contribution in [2.75, 3.05) is 20.8 Å². The van der Waals surface area contributed by atoms with Crippen LogP contribution in [0.4, 0.5) is 0 Å². The summed E-state index contributed by atoms with van der Waals surface area (Å²) in [5, 5.41) is 7.19. The van der Waals surface area contributed by atoms with Crippen molar-refractivity contribution in [3.63, 3.8) is 0 Å². The summed E-state index contributed by atoms with van der Waals surface area (Å²) >= 11 is 5.98. The second-order valence-corrected chi connectivity index (χ2v) is 7.97. The standard InChI is InChI=1S/C25H27ClN4O4/c1-16-13-19(17(2)30(16)21-8-6-20(26)7-9-21)15-28-29-25(32)24(31)27-12-11-18-5-10-22(33-3)23(14-18)34-4/h5-10,13-15H,11-12H2,1-4H3,(H,27,31)(H,29,32)/b28-15-. The van der Waals surface area contributed by atoms with Gasteiger partial charge in [-0.15, -0.1) is 0 Å². The average molecular weight is 483 g/mol. The first kappa shape index (κ1) is 24.9. The van der Waals surface area contributed by atoms with Gasteiger partial charge in [0.05, 0.1) is 20.4 Å². The van der Waals surface area contributed by atoms with E-state index in [0.29, 0.717) is 22.9 Å². The molecule has 9 heteroatoms. The number of nitrogens with one attached hydrogen (secondary N) is 2. The monoisotopic (exact) mass is 482 g/mol. The van der Waals surface area contributed by atoms with Crippen LogP contribution in [0.1, 0.15) is 22.5 Å². The lowest BCUT2D eigenvalue weighted by Gasteiger charge is -2.10. The fourth-order valence-corrected chi connectivity index (χ4v) is 3.68. The van der Waals surface area contributed by atoms with E-state index in [2.05, 4.69) is 20.4 Å². The zero-order chi connectivity index (χ0) is 24.7. The lowest BCUT2D eigenvalue weighted by molar-refractivity contribution is -0.139. The van der Waals surface area contributed by atoms with Gasteiger partial charge in [0, 0.05) is 34.2 Å². The summed E-state index contributed by atoms with van der Waals surface area (Å²) in [6, 6.07) is 15.0. The molecule has 0 fully saturated rings. The van der Waals surface area contributed by atoms with E-state index in [0.717, 1.165) is 28.2 Å². The van der Waals surface area contributed by atoms with Gasteiger partial charge >= 0.3 is 11.8 Å². The van der Waals surface area contributed by atoms with Crippen LogP contribution < -0.4 is 20.2 Å².